The number of hydrogen-bond acceptors (Lipinski definition) is 7. The van der Waals surface area contributed by atoms with Crippen molar-refractivity contribution in [2.75, 3.05) is 18.5 Å². The molecule has 1 saturated heterocycles. The quantitative estimate of drug-likeness (QED) is 0.546. The Morgan fingerprint density at radius 3 is 2.30 bits per heavy atom. The summed E-state index contributed by atoms with van der Waals surface area (Å²) in [7, 11) is -0.536. The van der Waals surface area contributed by atoms with Gasteiger partial charge in [0, 0.05) is 18.4 Å². The molecule has 0 unspecified atom stereocenters. The number of pyridine rings is 1. The van der Waals surface area contributed by atoms with Crippen LogP contribution < -0.4 is 10.8 Å². The number of ether oxygens (including phenoxy) is 1. The molecule has 0 saturated carbocycles. The van der Waals surface area contributed by atoms with Gasteiger partial charge >= 0.3 is 13.2 Å². The molecule has 0 spiro atoms. The number of carbonyl (C=O) groups excluding carboxylic acids is 2. The average molecular weight is 511 g/mol. The molecule has 0 atom stereocenters. The predicted molar refractivity (Wildman–Crippen MR) is 143 cm³/mol. The van der Waals surface area contributed by atoms with Crippen LogP contribution in [0.25, 0.3) is 0 Å². The minimum absolute atomic E-state index is 0.121. The molecule has 1 aromatic carbocycles. The van der Waals surface area contributed by atoms with E-state index in [1.165, 1.54) is 11.1 Å². The lowest BCUT2D eigenvalue weighted by atomic mass is 9.76. The standard InChI is InChI=1S/C27H38BN3O6/c1-18-20(28-36-26(5,6)27(7,8)37-28)10-9-11-21(18)30-23(33)22-13-12-19(16-29-22)17-31(14-15-32)24(34)35-25(2,3)4/h9-13,16,32H,14-15,17H2,1-8H3,(H,30,33). The number of amides is 2. The summed E-state index contributed by atoms with van der Waals surface area (Å²) in [4.78, 5) is 31.1. The summed E-state index contributed by atoms with van der Waals surface area (Å²) in [5.41, 5.74) is 1.69. The van der Waals surface area contributed by atoms with Gasteiger partial charge in [0.15, 0.2) is 0 Å². The van der Waals surface area contributed by atoms with Gasteiger partial charge in [-0.15, -0.1) is 0 Å². The van der Waals surface area contributed by atoms with E-state index in [0.717, 1.165) is 11.0 Å². The topological polar surface area (TPSA) is 110 Å². The van der Waals surface area contributed by atoms with Gasteiger partial charge < -0.3 is 29.4 Å². The molecule has 200 valence electrons. The molecule has 2 N–H and O–H groups in total. The van der Waals surface area contributed by atoms with Gasteiger partial charge in [-0.05, 0) is 84.1 Å². The Hall–Kier alpha value is -2.95. The number of aliphatic hydroxyl groups excluding tert-OH is 1. The van der Waals surface area contributed by atoms with E-state index in [2.05, 4.69) is 10.3 Å². The summed E-state index contributed by atoms with van der Waals surface area (Å²) in [6, 6.07) is 8.94. The molecule has 1 aliphatic heterocycles. The number of carbonyl (C=O) groups is 2. The van der Waals surface area contributed by atoms with Crippen LogP contribution in [0.15, 0.2) is 36.5 Å². The molecule has 0 bridgehead atoms. The Morgan fingerprint density at radius 1 is 1.11 bits per heavy atom. The van der Waals surface area contributed by atoms with E-state index in [9.17, 15) is 14.7 Å². The van der Waals surface area contributed by atoms with Crippen molar-refractivity contribution in [3.63, 3.8) is 0 Å². The summed E-state index contributed by atoms with van der Waals surface area (Å²) in [6.45, 7) is 15.4. The van der Waals surface area contributed by atoms with Gasteiger partial charge in [-0.1, -0.05) is 18.2 Å². The van der Waals surface area contributed by atoms with E-state index < -0.39 is 30.0 Å². The molecule has 3 rings (SSSR count). The zero-order valence-electron chi connectivity index (χ0n) is 23.0. The Bertz CT molecular complexity index is 1110. The van der Waals surface area contributed by atoms with Crippen molar-refractivity contribution in [2.45, 2.75) is 78.7 Å². The van der Waals surface area contributed by atoms with Gasteiger partial charge in [0.2, 0.25) is 0 Å². The van der Waals surface area contributed by atoms with E-state index in [4.69, 9.17) is 14.0 Å². The van der Waals surface area contributed by atoms with Gasteiger partial charge in [0.05, 0.1) is 24.4 Å². The van der Waals surface area contributed by atoms with Crippen molar-refractivity contribution in [2.24, 2.45) is 0 Å². The first-order valence-corrected chi connectivity index (χ1v) is 12.4. The molecular formula is C27H38BN3O6. The fourth-order valence-corrected chi connectivity index (χ4v) is 3.76. The average Bonchev–Trinajstić information content (AvgIpc) is 3.00. The van der Waals surface area contributed by atoms with Crippen molar-refractivity contribution >= 4 is 30.3 Å². The lowest BCUT2D eigenvalue weighted by Gasteiger charge is -2.32. The number of nitrogens with one attached hydrogen (secondary N) is 1. The maximum absolute atomic E-state index is 13.0. The van der Waals surface area contributed by atoms with E-state index in [1.807, 2.05) is 52.8 Å². The number of aliphatic hydroxyl groups is 1. The second-order valence-electron chi connectivity index (χ2n) is 11.2. The van der Waals surface area contributed by atoms with Crippen LogP contribution in [-0.2, 0) is 20.6 Å². The largest absolute Gasteiger partial charge is 0.495 e. The summed E-state index contributed by atoms with van der Waals surface area (Å²) in [6.07, 6.45) is 1.01. The molecule has 2 amide bonds. The Kier molecular flexibility index (Phi) is 8.36. The molecule has 1 fully saturated rings. The SMILES string of the molecule is Cc1c(NC(=O)c2ccc(CN(CCO)C(=O)OC(C)(C)C)cn2)cccc1B1OC(C)(C)C(C)(C)O1. The monoisotopic (exact) mass is 511 g/mol. The number of rotatable bonds is 7. The number of anilines is 1. The molecule has 10 heteroatoms. The number of hydrogen-bond donors (Lipinski definition) is 2. The Labute approximate surface area is 219 Å². The van der Waals surface area contributed by atoms with Crippen molar-refractivity contribution in [3.05, 3.63) is 53.3 Å². The fourth-order valence-electron chi connectivity index (χ4n) is 3.76. The maximum atomic E-state index is 13.0. The van der Waals surface area contributed by atoms with Crippen LogP contribution >= 0.6 is 0 Å². The van der Waals surface area contributed by atoms with Gasteiger partial charge in [-0.2, -0.15) is 0 Å². The van der Waals surface area contributed by atoms with E-state index >= 15 is 0 Å². The molecular weight excluding hydrogens is 473 g/mol. The molecule has 2 aromatic rings. The highest BCUT2D eigenvalue weighted by molar-refractivity contribution is 6.62. The van der Waals surface area contributed by atoms with Crippen LogP contribution in [0.5, 0.6) is 0 Å². The highest BCUT2D eigenvalue weighted by Gasteiger charge is 2.52. The maximum Gasteiger partial charge on any atom is 0.495 e. The van der Waals surface area contributed by atoms with Crippen LogP contribution in [0.2, 0.25) is 0 Å². The normalized spacial score (nSPS) is 16.4. The molecule has 9 nitrogen and oxygen atoms in total. The summed E-state index contributed by atoms with van der Waals surface area (Å²) < 4.78 is 17.8. The van der Waals surface area contributed by atoms with Crippen LogP contribution in [0, 0.1) is 6.92 Å². The van der Waals surface area contributed by atoms with E-state index in [0.29, 0.717) is 11.3 Å². The molecule has 0 radical (unpaired) electrons. The molecule has 0 aliphatic carbocycles. The number of aromatic nitrogens is 1. The minimum atomic E-state index is -0.650. The first kappa shape index (κ1) is 28.6. The second kappa shape index (κ2) is 10.8. The first-order chi connectivity index (χ1) is 17.1. The third kappa shape index (κ3) is 6.88. The van der Waals surface area contributed by atoms with Crippen LogP contribution in [0.4, 0.5) is 10.5 Å². The highest BCUT2D eigenvalue weighted by atomic mass is 16.7. The zero-order valence-corrected chi connectivity index (χ0v) is 23.0. The molecule has 37 heavy (non-hydrogen) atoms. The minimum Gasteiger partial charge on any atom is -0.444 e. The number of benzene rings is 1. The third-order valence-electron chi connectivity index (χ3n) is 6.58. The van der Waals surface area contributed by atoms with E-state index in [-0.39, 0.29) is 31.3 Å². The first-order valence-electron chi connectivity index (χ1n) is 12.4. The lowest BCUT2D eigenvalue weighted by molar-refractivity contribution is 0.00578. The lowest BCUT2D eigenvalue weighted by Crippen LogP contribution is -2.41. The number of nitrogens with zero attached hydrogens (tertiary/aromatic N) is 2. The van der Waals surface area contributed by atoms with Crippen LogP contribution in [-0.4, -0.2) is 64.1 Å². The second-order valence-corrected chi connectivity index (χ2v) is 11.2. The fraction of sp³-hybridized carbons (Fsp3) is 0.519. The Balaban J connectivity index is 1.70. The zero-order chi connectivity index (χ0) is 27.6. The van der Waals surface area contributed by atoms with Crippen molar-refractivity contribution in [3.8, 4) is 0 Å². The molecule has 1 aromatic heterocycles. The van der Waals surface area contributed by atoms with Crippen molar-refractivity contribution in [1.82, 2.24) is 9.88 Å². The molecule has 1 aliphatic rings. The Morgan fingerprint density at radius 2 is 1.76 bits per heavy atom. The predicted octanol–water partition coefficient (Wildman–Crippen LogP) is 3.67. The van der Waals surface area contributed by atoms with Crippen LogP contribution in [0.1, 0.15) is 70.1 Å². The van der Waals surface area contributed by atoms with Gasteiger partial charge in [0.25, 0.3) is 5.91 Å². The third-order valence-corrected chi connectivity index (χ3v) is 6.58. The van der Waals surface area contributed by atoms with Crippen molar-refractivity contribution in [1.29, 1.82) is 0 Å². The smallest absolute Gasteiger partial charge is 0.444 e. The highest BCUT2D eigenvalue weighted by Crippen LogP contribution is 2.37. The van der Waals surface area contributed by atoms with Crippen LogP contribution in [0.3, 0.4) is 0 Å². The van der Waals surface area contributed by atoms with E-state index in [1.54, 1.807) is 32.9 Å². The summed E-state index contributed by atoms with van der Waals surface area (Å²) >= 11 is 0. The van der Waals surface area contributed by atoms with Gasteiger partial charge in [-0.25, -0.2) is 4.79 Å². The van der Waals surface area contributed by atoms with Gasteiger partial charge in [0.1, 0.15) is 11.3 Å². The summed E-state index contributed by atoms with van der Waals surface area (Å²) in [5.74, 6) is -0.361. The van der Waals surface area contributed by atoms with Crippen molar-refractivity contribution < 1.29 is 28.7 Å². The molecule has 2 heterocycles. The van der Waals surface area contributed by atoms with Gasteiger partial charge in [-0.3, -0.25) is 9.78 Å². The summed E-state index contributed by atoms with van der Waals surface area (Å²) in [5, 5.41) is 12.3.